The van der Waals surface area contributed by atoms with Crippen molar-refractivity contribution < 1.29 is 0 Å². The normalized spacial score (nSPS) is 22.9. The molecule has 2 fully saturated rings. The predicted molar refractivity (Wildman–Crippen MR) is 83.8 cm³/mol. The Bertz CT molecular complexity index is 416. The third kappa shape index (κ3) is 3.40. The molecule has 3 rings (SSSR count). The van der Waals surface area contributed by atoms with Crippen molar-refractivity contribution in [2.75, 3.05) is 32.7 Å². The van der Waals surface area contributed by atoms with Gasteiger partial charge in [-0.3, -0.25) is 9.80 Å². The third-order valence-corrected chi connectivity index (χ3v) is 4.78. The highest BCUT2D eigenvalue weighted by Gasteiger charge is 2.30. The Morgan fingerprint density at radius 1 is 1.10 bits per heavy atom. The molecule has 1 aromatic carbocycles. The van der Waals surface area contributed by atoms with Crippen LogP contribution in [0.5, 0.6) is 0 Å². The maximum atomic E-state index is 5.72. The predicted octanol–water partition coefficient (Wildman–Crippen LogP) is 2.03. The van der Waals surface area contributed by atoms with Crippen LogP contribution in [0.1, 0.15) is 36.8 Å². The van der Waals surface area contributed by atoms with Gasteiger partial charge in [0.05, 0.1) is 0 Å². The first-order chi connectivity index (χ1) is 9.76. The largest absolute Gasteiger partial charge is 0.330 e. The number of nitrogens with zero attached hydrogens (tertiary/aromatic N) is 2. The van der Waals surface area contributed by atoms with E-state index >= 15 is 0 Å². The quantitative estimate of drug-likeness (QED) is 0.891. The lowest BCUT2D eigenvalue weighted by Gasteiger charge is -2.34. The van der Waals surface area contributed by atoms with Crippen LogP contribution in [0.25, 0.3) is 0 Å². The average molecular weight is 273 g/mol. The first-order valence-corrected chi connectivity index (χ1v) is 8.01. The van der Waals surface area contributed by atoms with Crippen molar-refractivity contribution in [3.63, 3.8) is 0 Å². The minimum absolute atomic E-state index is 0.464. The molecule has 1 heterocycles. The SMILES string of the molecule is CC(CN)c1ccc(CN2CCN(C3CC3)CC2)cc1. The molecule has 1 atom stereocenters. The smallest absolute Gasteiger partial charge is 0.0234 e. The Morgan fingerprint density at radius 3 is 2.30 bits per heavy atom. The van der Waals surface area contributed by atoms with Crippen LogP contribution in [0.4, 0.5) is 0 Å². The molecule has 0 spiro atoms. The Morgan fingerprint density at radius 2 is 1.75 bits per heavy atom. The van der Waals surface area contributed by atoms with Crippen molar-refractivity contribution >= 4 is 0 Å². The molecule has 1 aliphatic heterocycles. The van der Waals surface area contributed by atoms with Gasteiger partial charge in [0.25, 0.3) is 0 Å². The minimum atomic E-state index is 0.464. The van der Waals surface area contributed by atoms with Crippen molar-refractivity contribution in [1.82, 2.24) is 9.80 Å². The van der Waals surface area contributed by atoms with E-state index in [9.17, 15) is 0 Å². The van der Waals surface area contributed by atoms with Gasteiger partial charge in [-0.25, -0.2) is 0 Å². The van der Waals surface area contributed by atoms with Crippen LogP contribution in [0.15, 0.2) is 24.3 Å². The van der Waals surface area contributed by atoms with Gasteiger partial charge >= 0.3 is 0 Å². The monoisotopic (exact) mass is 273 g/mol. The Kier molecular flexibility index (Phi) is 4.39. The maximum absolute atomic E-state index is 5.72. The first-order valence-electron chi connectivity index (χ1n) is 8.01. The van der Waals surface area contributed by atoms with Gasteiger partial charge in [-0.1, -0.05) is 31.2 Å². The molecule has 1 unspecified atom stereocenters. The van der Waals surface area contributed by atoms with E-state index in [2.05, 4.69) is 41.0 Å². The Labute approximate surface area is 122 Å². The molecule has 110 valence electrons. The van der Waals surface area contributed by atoms with Gasteiger partial charge in [0.15, 0.2) is 0 Å². The van der Waals surface area contributed by atoms with Gasteiger partial charge in [-0.2, -0.15) is 0 Å². The Hall–Kier alpha value is -0.900. The van der Waals surface area contributed by atoms with E-state index < -0.39 is 0 Å². The number of rotatable bonds is 5. The zero-order chi connectivity index (χ0) is 13.9. The van der Waals surface area contributed by atoms with Gasteiger partial charge < -0.3 is 5.73 Å². The minimum Gasteiger partial charge on any atom is -0.330 e. The van der Waals surface area contributed by atoms with Crippen molar-refractivity contribution in [3.8, 4) is 0 Å². The molecule has 0 bridgehead atoms. The summed E-state index contributed by atoms with van der Waals surface area (Å²) in [6, 6.07) is 9.96. The molecule has 2 aliphatic rings. The van der Waals surface area contributed by atoms with Gasteiger partial charge in [0.2, 0.25) is 0 Å². The molecule has 20 heavy (non-hydrogen) atoms. The topological polar surface area (TPSA) is 32.5 Å². The van der Waals surface area contributed by atoms with Gasteiger partial charge in [0.1, 0.15) is 0 Å². The van der Waals surface area contributed by atoms with E-state index in [1.54, 1.807) is 0 Å². The fourth-order valence-corrected chi connectivity index (χ4v) is 3.07. The van der Waals surface area contributed by atoms with Crippen LogP contribution in [-0.4, -0.2) is 48.6 Å². The van der Waals surface area contributed by atoms with Crippen molar-refractivity contribution in [1.29, 1.82) is 0 Å². The standard InChI is InChI=1S/C17H27N3/c1-14(12-18)16-4-2-15(3-5-16)13-19-8-10-20(11-9-19)17-6-7-17/h2-5,14,17H,6-13,18H2,1H3. The van der Waals surface area contributed by atoms with E-state index in [1.165, 1.54) is 50.1 Å². The second kappa shape index (κ2) is 6.25. The molecule has 0 radical (unpaired) electrons. The highest BCUT2D eigenvalue weighted by atomic mass is 15.3. The van der Waals surface area contributed by atoms with Crippen LogP contribution in [-0.2, 0) is 6.54 Å². The molecule has 1 saturated heterocycles. The van der Waals surface area contributed by atoms with Crippen LogP contribution in [0.3, 0.4) is 0 Å². The van der Waals surface area contributed by atoms with E-state index in [1.807, 2.05) is 0 Å². The number of nitrogens with two attached hydrogens (primary N) is 1. The van der Waals surface area contributed by atoms with Crippen LogP contribution < -0.4 is 5.73 Å². The second-order valence-electron chi connectivity index (χ2n) is 6.42. The summed E-state index contributed by atoms with van der Waals surface area (Å²) in [5, 5.41) is 0. The summed E-state index contributed by atoms with van der Waals surface area (Å²) >= 11 is 0. The van der Waals surface area contributed by atoms with E-state index in [-0.39, 0.29) is 0 Å². The fourth-order valence-electron chi connectivity index (χ4n) is 3.07. The lowest BCUT2D eigenvalue weighted by Crippen LogP contribution is -2.46. The molecular formula is C17H27N3. The highest BCUT2D eigenvalue weighted by molar-refractivity contribution is 5.25. The number of hydrogen-bond acceptors (Lipinski definition) is 3. The lowest BCUT2D eigenvalue weighted by atomic mass is 10.00. The molecule has 0 aromatic heterocycles. The number of benzene rings is 1. The zero-order valence-corrected chi connectivity index (χ0v) is 12.6. The van der Waals surface area contributed by atoms with Crippen molar-refractivity contribution in [2.24, 2.45) is 5.73 Å². The van der Waals surface area contributed by atoms with Crippen LogP contribution in [0, 0.1) is 0 Å². The van der Waals surface area contributed by atoms with Gasteiger partial charge in [-0.05, 0) is 36.4 Å². The summed E-state index contributed by atoms with van der Waals surface area (Å²) < 4.78 is 0. The molecule has 1 aromatic rings. The number of hydrogen-bond donors (Lipinski definition) is 1. The van der Waals surface area contributed by atoms with E-state index in [0.29, 0.717) is 5.92 Å². The maximum Gasteiger partial charge on any atom is 0.0234 e. The van der Waals surface area contributed by atoms with Gasteiger partial charge in [0, 0.05) is 38.8 Å². The lowest BCUT2D eigenvalue weighted by molar-refractivity contribution is 0.121. The van der Waals surface area contributed by atoms with Gasteiger partial charge in [-0.15, -0.1) is 0 Å². The van der Waals surface area contributed by atoms with E-state index in [4.69, 9.17) is 5.73 Å². The van der Waals surface area contributed by atoms with Crippen molar-refractivity contribution in [3.05, 3.63) is 35.4 Å². The molecule has 1 aliphatic carbocycles. The summed E-state index contributed by atoms with van der Waals surface area (Å²) in [5.74, 6) is 0.464. The molecule has 0 amide bonds. The number of piperazine rings is 1. The summed E-state index contributed by atoms with van der Waals surface area (Å²) in [4.78, 5) is 5.25. The first kappa shape index (κ1) is 14.1. The summed E-state index contributed by atoms with van der Waals surface area (Å²) in [5.41, 5.74) is 8.51. The summed E-state index contributed by atoms with van der Waals surface area (Å²) in [6.07, 6.45) is 2.86. The van der Waals surface area contributed by atoms with Crippen LogP contribution in [0.2, 0.25) is 0 Å². The molecule has 3 nitrogen and oxygen atoms in total. The second-order valence-corrected chi connectivity index (χ2v) is 6.42. The molecule has 1 saturated carbocycles. The highest BCUT2D eigenvalue weighted by Crippen LogP contribution is 2.27. The van der Waals surface area contributed by atoms with Crippen LogP contribution >= 0.6 is 0 Å². The van der Waals surface area contributed by atoms with E-state index in [0.717, 1.165) is 19.1 Å². The molecular weight excluding hydrogens is 246 g/mol. The molecule has 2 N–H and O–H groups in total. The summed E-state index contributed by atoms with van der Waals surface area (Å²) in [6.45, 7) is 8.96. The molecule has 3 heteroatoms. The average Bonchev–Trinajstić information content (AvgIpc) is 3.33. The third-order valence-electron chi connectivity index (χ3n) is 4.78. The summed E-state index contributed by atoms with van der Waals surface area (Å²) in [7, 11) is 0. The van der Waals surface area contributed by atoms with Crippen molar-refractivity contribution in [2.45, 2.75) is 38.3 Å². The Balaban J connectivity index is 1.50. The zero-order valence-electron chi connectivity index (χ0n) is 12.6. The fraction of sp³-hybridized carbons (Fsp3) is 0.647.